The van der Waals surface area contributed by atoms with E-state index in [1.165, 1.54) is 32.1 Å². The van der Waals surface area contributed by atoms with Crippen LogP contribution in [0.1, 0.15) is 59.8 Å². The number of hydrogen-bond donors (Lipinski definition) is 1. The highest BCUT2D eigenvalue weighted by Crippen LogP contribution is 2.32. The zero-order valence-corrected chi connectivity index (χ0v) is 11.5. The molecule has 1 fully saturated rings. The van der Waals surface area contributed by atoms with Crippen LogP contribution in [-0.2, 0) is 4.74 Å². The summed E-state index contributed by atoms with van der Waals surface area (Å²) in [5.74, 6) is 0.787. The summed E-state index contributed by atoms with van der Waals surface area (Å²) in [6.45, 7) is 11.2. The highest BCUT2D eigenvalue weighted by atomic mass is 16.5. The summed E-state index contributed by atoms with van der Waals surface area (Å²) in [4.78, 5) is 0. The predicted octanol–water partition coefficient (Wildman–Crippen LogP) is 3.36. The Balaban J connectivity index is 2.54. The Bertz CT molecular complexity index is 187. The van der Waals surface area contributed by atoms with Crippen LogP contribution in [-0.4, -0.2) is 24.8 Å². The second-order valence-corrected chi connectivity index (χ2v) is 5.52. The van der Waals surface area contributed by atoms with Gasteiger partial charge in [-0.05, 0) is 45.1 Å². The van der Waals surface area contributed by atoms with Gasteiger partial charge in [-0.1, -0.05) is 27.2 Å². The molecule has 16 heavy (non-hydrogen) atoms. The van der Waals surface area contributed by atoms with Gasteiger partial charge in [0, 0.05) is 12.6 Å². The van der Waals surface area contributed by atoms with Crippen molar-refractivity contribution in [2.24, 2.45) is 5.92 Å². The fourth-order valence-corrected chi connectivity index (χ4v) is 2.51. The van der Waals surface area contributed by atoms with Crippen molar-refractivity contribution >= 4 is 0 Å². The third kappa shape index (κ3) is 3.74. The van der Waals surface area contributed by atoms with Crippen molar-refractivity contribution in [1.82, 2.24) is 5.32 Å². The summed E-state index contributed by atoms with van der Waals surface area (Å²) >= 11 is 0. The van der Waals surface area contributed by atoms with Crippen molar-refractivity contribution in [1.29, 1.82) is 0 Å². The summed E-state index contributed by atoms with van der Waals surface area (Å²) in [5, 5.41) is 3.69. The predicted molar refractivity (Wildman–Crippen MR) is 69.7 cm³/mol. The van der Waals surface area contributed by atoms with Crippen molar-refractivity contribution in [3.8, 4) is 0 Å². The van der Waals surface area contributed by atoms with Crippen molar-refractivity contribution < 1.29 is 4.74 Å². The Morgan fingerprint density at radius 2 is 2.12 bits per heavy atom. The lowest BCUT2D eigenvalue weighted by Crippen LogP contribution is -2.49. The molecule has 1 aliphatic rings. The molecule has 1 N–H and O–H groups in total. The molecule has 0 aromatic carbocycles. The first-order valence-electron chi connectivity index (χ1n) is 6.99. The molecule has 0 aromatic heterocycles. The van der Waals surface area contributed by atoms with Gasteiger partial charge in [0.25, 0.3) is 0 Å². The van der Waals surface area contributed by atoms with Crippen molar-refractivity contribution in [2.45, 2.75) is 71.4 Å². The van der Waals surface area contributed by atoms with Crippen LogP contribution in [0.25, 0.3) is 0 Å². The van der Waals surface area contributed by atoms with Crippen LogP contribution in [0, 0.1) is 5.92 Å². The second kappa shape index (κ2) is 6.61. The SMILES string of the molecule is CCCNC(CC(C)CC)C1(C)CCCO1. The lowest BCUT2D eigenvalue weighted by atomic mass is 9.85. The molecule has 0 aromatic rings. The van der Waals surface area contributed by atoms with Gasteiger partial charge in [-0.15, -0.1) is 0 Å². The Morgan fingerprint density at radius 1 is 1.38 bits per heavy atom. The lowest BCUT2D eigenvalue weighted by Gasteiger charge is -2.35. The Hall–Kier alpha value is -0.0800. The molecule has 1 aliphatic heterocycles. The summed E-state index contributed by atoms with van der Waals surface area (Å²) in [7, 11) is 0. The van der Waals surface area contributed by atoms with Crippen molar-refractivity contribution in [3.05, 3.63) is 0 Å². The van der Waals surface area contributed by atoms with Gasteiger partial charge in [0.15, 0.2) is 0 Å². The van der Waals surface area contributed by atoms with Gasteiger partial charge in [0.2, 0.25) is 0 Å². The molecule has 1 heterocycles. The van der Waals surface area contributed by atoms with Gasteiger partial charge < -0.3 is 10.1 Å². The first kappa shape index (κ1) is 14.0. The molecule has 0 spiro atoms. The minimum atomic E-state index is 0.0819. The molecule has 3 atom stereocenters. The van der Waals surface area contributed by atoms with Crippen LogP contribution >= 0.6 is 0 Å². The largest absolute Gasteiger partial charge is 0.374 e. The average Bonchev–Trinajstić information content (AvgIpc) is 2.72. The van der Waals surface area contributed by atoms with Crippen LogP contribution in [0.3, 0.4) is 0 Å². The standard InChI is InChI=1S/C14H29NO/c1-5-9-15-13(11-12(3)6-2)14(4)8-7-10-16-14/h12-13,15H,5-11H2,1-4H3. The monoisotopic (exact) mass is 227 g/mol. The molecule has 0 saturated carbocycles. The maximum atomic E-state index is 5.98. The second-order valence-electron chi connectivity index (χ2n) is 5.52. The van der Waals surface area contributed by atoms with E-state index in [0.29, 0.717) is 6.04 Å². The molecule has 96 valence electrons. The van der Waals surface area contributed by atoms with E-state index in [0.717, 1.165) is 19.1 Å². The van der Waals surface area contributed by atoms with Gasteiger partial charge in [-0.3, -0.25) is 0 Å². The smallest absolute Gasteiger partial charge is 0.0807 e. The van der Waals surface area contributed by atoms with Crippen LogP contribution in [0.4, 0.5) is 0 Å². The van der Waals surface area contributed by atoms with Crippen molar-refractivity contribution in [2.75, 3.05) is 13.2 Å². The van der Waals surface area contributed by atoms with Gasteiger partial charge >= 0.3 is 0 Å². The third-order valence-electron chi connectivity index (χ3n) is 3.96. The molecular weight excluding hydrogens is 198 g/mol. The van der Waals surface area contributed by atoms with Crippen LogP contribution in [0.15, 0.2) is 0 Å². The lowest BCUT2D eigenvalue weighted by molar-refractivity contribution is -0.0176. The maximum Gasteiger partial charge on any atom is 0.0807 e. The molecule has 1 saturated heterocycles. The van der Waals surface area contributed by atoms with Gasteiger partial charge in [0.1, 0.15) is 0 Å². The van der Waals surface area contributed by atoms with E-state index < -0.39 is 0 Å². The molecular formula is C14H29NO. The molecule has 1 rings (SSSR count). The highest BCUT2D eigenvalue weighted by Gasteiger charge is 2.38. The number of ether oxygens (including phenoxy) is 1. The first-order chi connectivity index (χ1) is 7.62. The fraction of sp³-hybridized carbons (Fsp3) is 1.00. The first-order valence-corrected chi connectivity index (χ1v) is 6.99. The van der Waals surface area contributed by atoms with Crippen LogP contribution in [0.5, 0.6) is 0 Å². The number of hydrogen-bond acceptors (Lipinski definition) is 2. The van der Waals surface area contributed by atoms with Crippen molar-refractivity contribution in [3.63, 3.8) is 0 Å². The molecule has 0 radical (unpaired) electrons. The highest BCUT2D eigenvalue weighted by molar-refractivity contribution is 4.93. The summed E-state index contributed by atoms with van der Waals surface area (Å²) < 4.78 is 5.98. The van der Waals surface area contributed by atoms with E-state index >= 15 is 0 Å². The summed E-state index contributed by atoms with van der Waals surface area (Å²) in [6.07, 6.45) is 6.15. The Kier molecular flexibility index (Phi) is 5.77. The molecule has 2 nitrogen and oxygen atoms in total. The van der Waals surface area contributed by atoms with Crippen LogP contribution < -0.4 is 5.32 Å². The zero-order valence-electron chi connectivity index (χ0n) is 11.5. The fourth-order valence-electron chi connectivity index (χ4n) is 2.51. The number of rotatable bonds is 7. The maximum absolute atomic E-state index is 5.98. The van der Waals surface area contributed by atoms with E-state index in [-0.39, 0.29) is 5.60 Å². The Morgan fingerprint density at radius 3 is 2.62 bits per heavy atom. The van der Waals surface area contributed by atoms with Gasteiger partial charge in [-0.2, -0.15) is 0 Å². The Labute approximate surface area is 101 Å². The minimum Gasteiger partial charge on any atom is -0.374 e. The van der Waals surface area contributed by atoms with E-state index in [1.807, 2.05) is 0 Å². The third-order valence-corrected chi connectivity index (χ3v) is 3.96. The molecule has 0 aliphatic carbocycles. The van der Waals surface area contributed by atoms with Gasteiger partial charge in [-0.25, -0.2) is 0 Å². The quantitative estimate of drug-likeness (QED) is 0.720. The van der Waals surface area contributed by atoms with Crippen LogP contribution in [0.2, 0.25) is 0 Å². The van der Waals surface area contributed by atoms with E-state index in [4.69, 9.17) is 4.74 Å². The molecule has 2 heteroatoms. The normalized spacial score (nSPS) is 29.2. The van der Waals surface area contributed by atoms with E-state index in [2.05, 4.69) is 33.0 Å². The van der Waals surface area contributed by atoms with E-state index in [1.54, 1.807) is 0 Å². The molecule has 0 amide bonds. The minimum absolute atomic E-state index is 0.0819. The summed E-state index contributed by atoms with van der Waals surface area (Å²) in [6, 6.07) is 0.532. The topological polar surface area (TPSA) is 21.3 Å². The van der Waals surface area contributed by atoms with E-state index in [9.17, 15) is 0 Å². The number of nitrogens with one attached hydrogen (secondary N) is 1. The van der Waals surface area contributed by atoms with Gasteiger partial charge in [0.05, 0.1) is 5.60 Å². The summed E-state index contributed by atoms with van der Waals surface area (Å²) in [5.41, 5.74) is 0.0819. The molecule has 3 unspecified atom stereocenters. The molecule has 0 bridgehead atoms. The zero-order chi connectivity index (χ0) is 12.0. The average molecular weight is 227 g/mol.